The highest BCUT2D eigenvalue weighted by Crippen LogP contribution is 2.21. The Hall–Kier alpha value is -2.33. The molecule has 0 aliphatic heterocycles. The van der Waals surface area contributed by atoms with Gasteiger partial charge in [0.05, 0.1) is 6.42 Å². The van der Waals surface area contributed by atoms with E-state index in [1.807, 2.05) is 64.1 Å². The number of nitrogens with zero attached hydrogens (tertiary/aromatic N) is 1. The number of carbonyl (C=O) groups excluding carboxylic acids is 2. The van der Waals surface area contributed by atoms with Crippen LogP contribution in [0.5, 0.6) is 0 Å². The number of benzene rings is 2. The molecule has 1 unspecified atom stereocenters. The second-order valence-corrected chi connectivity index (χ2v) is 7.43. The van der Waals surface area contributed by atoms with Crippen molar-refractivity contribution in [3.8, 4) is 0 Å². The Kier molecular flexibility index (Phi) is 8.06. The molecule has 0 bridgehead atoms. The normalized spacial score (nSPS) is 11.8. The smallest absolute Gasteiger partial charge is 0.242 e. The highest BCUT2D eigenvalue weighted by Gasteiger charge is 2.28. The number of halogens is 1. The van der Waals surface area contributed by atoms with Crippen LogP contribution in [-0.4, -0.2) is 29.3 Å². The quantitative estimate of drug-likeness (QED) is 0.711. The van der Waals surface area contributed by atoms with Crippen LogP contribution in [-0.2, 0) is 22.6 Å². The first-order valence-electron chi connectivity index (χ1n) is 9.74. The van der Waals surface area contributed by atoms with Gasteiger partial charge in [-0.1, -0.05) is 54.9 Å². The van der Waals surface area contributed by atoms with E-state index in [0.29, 0.717) is 24.5 Å². The summed E-state index contributed by atoms with van der Waals surface area (Å²) < 4.78 is 0. The Morgan fingerprint density at radius 1 is 1.07 bits per heavy atom. The summed E-state index contributed by atoms with van der Waals surface area (Å²) in [6.07, 6.45) is 0.788. The van der Waals surface area contributed by atoms with Crippen molar-refractivity contribution in [3.05, 3.63) is 69.7 Å². The van der Waals surface area contributed by atoms with Gasteiger partial charge < -0.3 is 10.2 Å². The second-order valence-electron chi connectivity index (χ2n) is 7.03. The fraction of sp³-hybridized carbons (Fsp3) is 0.391. The average molecular weight is 401 g/mol. The summed E-state index contributed by atoms with van der Waals surface area (Å²) in [6, 6.07) is 12.9. The van der Waals surface area contributed by atoms with Gasteiger partial charge >= 0.3 is 0 Å². The Bertz CT molecular complexity index is 835. The van der Waals surface area contributed by atoms with Crippen LogP contribution >= 0.6 is 11.6 Å². The van der Waals surface area contributed by atoms with Crippen molar-refractivity contribution in [1.82, 2.24) is 10.2 Å². The van der Waals surface area contributed by atoms with Crippen LogP contribution in [0, 0.1) is 13.8 Å². The lowest BCUT2D eigenvalue weighted by Gasteiger charge is -2.31. The van der Waals surface area contributed by atoms with Crippen molar-refractivity contribution < 1.29 is 9.59 Å². The van der Waals surface area contributed by atoms with Gasteiger partial charge in [-0.3, -0.25) is 9.59 Å². The summed E-state index contributed by atoms with van der Waals surface area (Å²) in [5.41, 5.74) is 4.12. The third-order valence-corrected chi connectivity index (χ3v) is 5.33. The van der Waals surface area contributed by atoms with Gasteiger partial charge in [0, 0.05) is 18.1 Å². The molecule has 150 valence electrons. The van der Waals surface area contributed by atoms with E-state index in [4.69, 9.17) is 11.6 Å². The van der Waals surface area contributed by atoms with E-state index in [-0.39, 0.29) is 18.2 Å². The molecule has 0 radical (unpaired) electrons. The van der Waals surface area contributed by atoms with Gasteiger partial charge in [-0.05, 0) is 55.5 Å². The maximum absolute atomic E-state index is 13.2. The number of rotatable bonds is 8. The molecular weight excluding hydrogens is 372 g/mol. The first kappa shape index (κ1) is 22.0. The molecule has 0 fully saturated rings. The molecule has 0 aliphatic rings. The van der Waals surface area contributed by atoms with Gasteiger partial charge in [-0.2, -0.15) is 0 Å². The lowest BCUT2D eigenvalue weighted by molar-refractivity contribution is -0.140. The number of nitrogens with one attached hydrogen (secondary N) is 1. The molecular formula is C23H29ClN2O2. The predicted molar refractivity (Wildman–Crippen MR) is 114 cm³/mol. The van der Waals surface area contributed by atoms with E-state index in [1.165, 1.54) is 5.56 Å². The number of hydrogen-bond acceptors (Lipinski definition) is 2. The zero-order valence-corrected chi connectivity index (χ0v) is 17.8. The minimum Gasteiger partial charge on any atom is -0.355 e. The number of hydrogen-bond donors (Lipinski definition) is 1. The summed E-state index contributed by atoms with van der Waals surface area (Å²) in [7, 11) is 0. The molecule has 28 heavy (non-hydrogen) atoms. The molecule has 0 spiro atoms. The van der Waals surface area contributed by atoms with Crippen molar-refractivity contribution in [2.45, 2.75) is 53.1 Å². The monoisotopic (exact) mass is 400 g/mol. The number of likely N-dealkylation sites (N-methyl/N-ethyl adjacent to an activating group) is 1. The fourth-order valence-corrected chi connectivity index (χ4v) is 3.41. The molecule has 1 N–H and O–H groups in total. The molecule has 0 heterocycles. The second kappa shape index (κ2) is 10.3. The molecule has 0 aromatic heterocycles. The molecule has 0 aliphatic carbocycles. The SMILES string of the molecule is CCNC(=O)C(CC)N(Cc1ccccc1Cl)C(=O)Cc1ccc(C)c(C)c1. The van der Waals surface area contributed by atoms with Crippen LogP contribution in [0.3, 0.4) is 0 Å². The average Bonchev–Trinajstić information content (AvgIpc) is 2.66. The van der Waals surface area contributed by atoms with Gasteiger partial charge in [-0.15, -0.1) is 0 Å². The maximum Gasteiger partial charge on any atom is 0.242 e. The van der Waals surface area contributed by atoms with Crippen LogP contribution in [0.4, 0.5) is 0 Å². The minimum absolute atomic E-state index is 0.0822. The fourth-order valence-electron chi connectivity index (χ4n) is 3.21. The molecule has 2 aromatic carbocycles. The zero-order valence-electron chi connectivity index (χ0n) is 17.1. The van der Waals surface area contributed by atoms with Gasteiger partial charge in [0.15, 0.2) is 0 Å². The van der Waals surface area contributed by atoms with Gasteiger partial charge in [0.1, 0.15) is 6.04 Å². The van der Waals surface area contributed by atoms with E-state index in [2.05, 4.69) is 5.32 Å². The van der Waals surface area contributed by atoms with E-state index < -0.39 is 6.04 Å². The van der Waals surface area contributed by atoms with Crippen molar-refractivity contribution >= 4 is 23.4 Å². The number of aryl methyl sites for hydroxylation is 2. The number of amides is 2. The molecule has 2 aromatic rings. The van der Waals surface area contributed by atoms with Crippen LogP contribution in [0.25, 0.3) is 0 Å². The maximum atomic E-state index is 13.2. The molecule has 5 heteroatoms. The minimum atomic E-state index is -0.532. The molecule has 4 nitrogen and oxygen atoms in total. The lowest BCUT2D eigenvalue weighted by atomic mass is 10.0. The first-order chi connectivity index (χ1) is 13.4. The number of carbonyl (C=O) groups is 2. The highest BCUT2D eigenvalue weighted by atomic mass is 35.5. The summed E-state index contributed by atoms with van der Waals surface area (Å²) in [5.74, 6) is -0.216. The van der Waals surface area contributed by atoms with E-state index >= 15 is 0 Å². The van der Waals surface area contributed by atoms with Crippen molar-refractivity contribution in [2.75, 3.05) is 6.54 Å². The summed E-state index contributed by atoms with van der Waals surface area (Å²) in [4.78, 5) is 27.5. The zero-order chi connectivity index (χ0) is 20.7. The molecule has 0 saturated heterocycles. The lowest BCUT2D eigenvalue weighted by Crippen LogP contribution is -2.49. The molecule has 2 rings (SSSR count). The van der Waals surface area contributed by atoms with Crippen LogP contribution < -0.4 is 5.32 Å². The summed E-state index contributed by atoms with van der Waals surface area (Å²) in [5, 5.41) is 3.44. The third-order valence-electron chi connectivity index (χ3n) is 4.96. The summed E-state index contributed by atoms with van der Waals surface area (Å²) in [6.45, 7) is 8.71. The first-order valence-corrected chi connectivity index (χ1v) is 10.1. The van der Waals surface area contributed by atoms with Crippen LogP contribution in [0.1, 0.15) is 42.5 Å². The van der Waals surface area contributed by atoms with E-state index in [9.17, 15) is 9.59 Å². The largest absolute Gasteiger partial charge is 0.355 e. The van der Waals surface area contributed by atoms with Crippen molar-refractivity contribution in [3.63, 3.8) is 0 Å². The standard InChI is InChI=1S/C23H29ClN2O2/c1-5-21(23(28)25-6-2)26(15-19-9-7-8-10-20(19)24)22(27)14-18-12-11-16(3)17(4)13-18/h7-13,21H,5-6,14-15H2,1-4H3,(H,25,28). The van der Waals surface area contributed by atoms with Gasteiger partial charge in [0.2, 0.25) is 11.8 Å². The molecule has 0 saturated carbocycles. The van der Waals surface area contributed by atoms with Crippen molar-refractivity contribution in [1.29, 1.82) is 0 Å². The van der Waals surface area contributed by atoms with Gasteiger partial charge in [0.25, 0.3) is 0 Å². The van der Waals surface area contributed by atoms with Crippen LogP contribution in [0.2, 0.25) is 5.02 Å². The van der Waals surface area contributed by atoms with Crippen LogP contribution in [0.15, 0.2) is 42.5 Å². The van der Waals surface area contributed by atoms with Crippen molar-refractivity contribution in [2.24, 2.45) is 0 Å². The Labute approximate surface area is 172 Å². The van der Waals surface area contributed by atoms with E-state index in [0.717, 1.165) is 16.7 Å². The molecule has 2 amide bonds. The topological polar surface area (TPSA) is 49.4 Å². The van der Waals surface area contributed by atoms with Gasteiger partial charge in [-0.25, -0.2) is 0 Å². The highest BCUT2D eigenvalue weighted by molar-refractivity contribution is 6.31. The Morgan fingerprint density at radius 3 is 2.39 bits per heavy atom. The Morgan fingerprint density at radius 2 is 1.79 bits per heavy atom. The molecule has 1 atom stereocenters. The predicted octanol–water partition coefficient (Wildman–Crippen LogP) is 4.44. The Balaban J connectivity index is 2.32. The van der Waals surface area contributed by atoms with E-state index in [1.54, 1.807) is 11.0 Å². The summed E-state index contributed by atoms with van der Waals surface area (Å²) >= 11 is 6.32. The third kappa shape index (κ3) is 5.59.